The van der Waals surface area contributed by atoms with Crippen molar-refractivity contribution >= 4 is 5.97 Å². The van der Waals surface area contributed by atoms with Gasteiger partial charge in [-0.25, -0.2) is 4.79 Å². The monoisotopic (exact) mass is 213 g/mol. The van der Waals surface area contributed by atoms with E-state index in [1.165, 1.54) is 0 Å². The molecule has 0 aromatic rings. The van der Waals surface area contributed by atoms with Gasteiger partial charge in [-0.05, 0) is 26.2 Å². The van der Waals surface area contributed by atoms with E-state index in [4.69, 9.17) is 4.74 Å². The fourth-order valence-corrected chi connectivity index (χ4v) is 1.36. The second-order valence-corrected chi connectivity index (χ2v) is 4.24. The smallest absolute Gasteiger partial charge is 0.328 e. The van der Waals surface area contributed by atoms with Crippen LogP contribution in [0, 0.1) is 5.92 Å². The van der Waals surface area contributed by atoms with Crippen LogP contribution >= 0.6 is 0 Å². The molecule has 3 nitrogen and oxygen atoms in total. The normalized spacial score (nSPS) is 12.4. The molecule has 0 N–H and O–H groups in total. The van der Waals surface area contributed by atoms with E-state index in [1.54, 1.807) is 0 Å². The molecule has 0 saturated heterocycles. The maximum Gasteiger partial charge on any atom is 0.328 e. The second-order valence-electron chi connectivity index (χ2n) is 4.24. The molecule has 0 aliphatic heterocycles. The first-order valence-electron chi connectivity index (χ1n) is 5.45. The molecule has 15 heavy (non-hydrogen) atoms. The Balaban J connectivity index is 4.56. The molecule has 0 amide bonds. The molecule has 0 fully saturated rings. The average molecular weight is 213 g/mol. The molecule has 3 heteroatoms. The number of rotatable bonds is 6. The zero-order chi connectivity index (χ0) is 12.0. The number of allylic oxidation sites excluding steroid dienone is 1. The van der Waals surface area contributed by atoms with E-state index in [2.05, 4.69) is 20.4 Å². The van der Waals surface area contributed by atoms with Gasteiger partial charge in [0, 0.05) is 12.7 Å². The van der Waals surface area contributed by atoms with Gasteiger partial charge in [-0.1, -0.05) is 20.4 Å². The molecule has 0 aliphatic rings. The lowest BCUT2D eigenvalue weighted by molar-refractivity contribution is -0.148. The number of carbonyl (C=O) groups is 1. The van der Waals surface area contributed by atoms with Crippen LogP contribution in [0.2, 0.25) is 0 Å². The minimum atomic E-state index is -0.206. The summed E-state index contributed by atoms with van der Waals surface area (Å²) < 4.78 is 5.05. The third kappa shape index (κ3) is 4.86. The molecular formula is C12H23NO2. The molecule has 0 aromatic heterocycles. The van der Waals surface area contributed by atoms with E-state index in [0.29, 0.717) is 12.5 Å². The highest BCUT2D eigenvalue weighted by atomic mass is 16.5. The summed E-state index contributed by atoms with van der Waals surface area (Å²) in [6.07, 6.45) is 0.794. The van der Waals surface area contributed by atoms with Crippen LogP contribution in [0.4, 0.5) is 0 Å². The first kappa shape index (κ1) is 14.0. The first-order valence-corrected chi connectivity index (χ1v) is 5.45. The van der Waals surface area contributed by atoms with Crippen LogP contribution < -0.4 is 0 Å². The predicted octanol–water partition coefficient (Wildman–Crippen LogP) is 2.43. The Hall–Kier alpha value is -0.990. The highest BCUT2D eigenvalue weighted by Gasteiger charge is 2.25. The minimum Gasteiger partial charge on any atom is -0.464 e. The van der Waals surface area contributed by atoms with E-state index in [0.717, 1.165) is 12.1 Å². The van der Waals surface area contributed by atoms with Gasteiger partial charge in [0.2, 0.25) is 0 Å². The molecule has 0 spiro atoms. The molecule has 88 valence electrons. The Morgan fingerprint density at radius 3 is 2.33 bits per heavy atom. The van der Waals surface area contributed by atoms with Gasteiger partial charge in [0.25, 0.3) is 0 Å². The van der Waals surface area contributed by atoms with E-state index in [-0.39, 0.29) is 12.0 Å². The summed E-state index contributed by atoms with van der Waals surface area (Å²) in [6, 6.07) is -0.206. The van der Waals surface area contributed by atoms with Crippen molar-refractivity contribution in [3.63, 3.8) is 0 Å². The van der Waals surface area contributed by atoms with Crippen molar-refractivity contribution in [1.29, 1.82) is 0 Å². The summed E-state index contributed by atoms with van der Waals surface area (Å²) >= 11 is 0. The van der Waals surface area contributed by atoms with Crippen LogP contribution in [0.3, 0.4) is 0 Å². The first-order chi connectivity index (χ1) is 6.90. The molecule has 0 aliphatic carbocycles. The van der Waals surface area contributed by atoms with Gasteiger partial charge in [0.1, 0.15) is 6.04 Å². The zero-order valence-electron chi connectivity index (χ0n) is 10.5. The fourth-order valence-electron chi connectivity index (χ4n) is 1.36. The molecule has 0 heterocycles. The lowest BCUT2D eigenvalue weighted by atomic mass is 10.0. The van der Waals surface area contributed by atoms with Crippen molar-refractivity contribution in [2.45, 2.75) is 40.2 Å². The topological polar surface area (TPSA) is 29.5 Å². The predicted molar refractivity (Wildman–Crippen MR) is 62.5 cm³/mol. The van der Waals surface area contributed by atoms with Crippen molar-refractivity contribution in [3.8, 4) is 0 Å². The zero-order valence-corrected chi connectivity index (χ0v) is 10.5. The number of hydrogen-bond acceptors (Lipinski definition) is 3. The molecule has 1 atom stereocenters. The van der Waals surface area contributed by atoms with Crippen molar-refractivity contribution in [3.05, 3.63) is 12.3 Å². The van der Waals surface area contributed by atoms with Crippen LogP contribution in [0.5, 0.6) is 0 Å². The van der Waals surface area contributed by atoms with Crippen LogP contribution in [0.25, 0.3) is 0 Å². The Kier molecular flexibility index (Phi) is 6.06. The maximum atomic E-state index is 11.7. The van der Waals surface area contributed by atoms with E-state index in [1.807, 2.05) is 25.8 Å². The summed E-state index contributed by atoms with van der Waals surface area (Å²) in [5, 5.41) is 0. The quantitative estimate of drug-likeness (QED) is 0.635. The van der Waals surface area contributed by atoms with Gasteiger partial charge >= 0.3 is 5.97 Å². The molecule has 0 saturated carbocycles. The SMILES string of the molecule is C=C(C)N(C)C(CC(C)C)C(=O)OCC. The largest absolute Gasteiger partial charge is 0.464 e. The lowest BCUT2D eigenvalue weighted by Crippen LogP contribution is -2.39. The molecule has 0 bridgehead atoms. The van der Waals surface area contributed by atoms with Crippen molar-refractivity contribution < 1.29 is 9.53 Å². The summed E-state index contributed by atoms with van der Waals surface area (Å²) in [5.41, 5.74) is 0.883. The Labute approximate surface area is 93.1 Å². The van der Waals surface area contributed by atoms with Gasteiger partial charge in [-0.2, -0.15) is 0 Å². The fraction of sp³-hybridized carbons (Fsp3) is 0.750. The third-order valence-corrected chi connectivity index (χ3v) is 2.32. The van der Waals surface area contributed by atoms with Crippen molar-refractivity contribution in [2.75, 3.05) is 13.7 Å². The van der Waals surface area contributed by atoms with E-state index in [9.17, 15) is 4.79 Å². The number of esters is 1. The number of likely N-dealkylation sites (N-methyl/N-ethyl adjacent to an activating group) is 1. The maximum absolute atomic E-state index is 11.7. The van der Waals surface area contributed by atoms with Crippen LogP contribution in [-0.4, -0.2) is 30.6 Å². The van der Waals surface area contributed by atoms with E-state index >= 15 is 0 Å². The Morgan fingerprint density at radius 2 is 2.00 bits per heavy atom. The molecule has 1 unspecified atom stereocenters. The summed E-state index contributed by atoms with van der Waals surface area (Å²) in [7, 11) is 1.88. The standard InChI is InChI=1S/C12H23NO2/c1-7-15-12(14)11(8-9(2)3)13(6)10(4)5/h9,11H,4,7-8H2,1-3,5-6H3. The van der Waals surface area contributed by atoms with Gasteiger partial charge in [0.05, 0.1) is 6.61 Å². The lowest BCUT2D eigenvalue weighted by Gasteiger charge is -2.29. The molecule has 0 radical (unpaired) electrons. The van der Waals surface area contributed by atoms with Crippen molar-refractivity contribution in [2.24, 2.45) is 5.92 Å². The number of nitrogens with zero attached hydrogens (tertiary/aromatic N) is 1. The minimum absolute atomic E-state index is 0.156. The number of carbonyl (C=O) groups excluding carboxylic acids is 1. The van der Waals surface area contributed by atoms with Gasteiger partial charge in [-0.3, -0.25) is 0 Å². The van der Waals surface area contributed by atoms with Crippen molar-refractivity contribution in [1.82, 2.24) is 4.90 Å². The van der Waals surface area contributed by atoms with Crippen LogP contribution in [0.1, 0.15) is 34.1 Å². The summed E-state index contributed by atoms with van der Waals surface area (Å²) in [4.78, 5) is 13.6. The van der Waals surface area contributed by atoms with Gasteiger partial charge in [-0.15, -0.1) is 0 Å². The average Bonchev–Trinajstić information content (AvgIpc) is 2.13. The Morgan fingerprint density at radius 1 is 1.47 bits per heavy atom. The summed E-state index contributed by atoms with van der Waals surface area (Å²) in [6.45, 7) is 12.2. The molecular weight excluding hydrogens is 190 g/mol. The van der Waals surface area contributed by atoms with Gasteiger partial charge in [0.15, 0.2) is 0 Å². The highest BCUT2D eigenvalue weighted by molar-refractivity contribution is 5.76. The number of hydrogen-bond donors (Lipinski definition) is 0. The molecule has 0 aromatic carbocycles. The highest BCUT2D eigenvalue weighted by Crippen LogP contribution is 2.15. The summed E-state index contributed by atoms with van der Waals surface area (Å²) in [5.74, 6) is 0.304. The third-order valence-electron chi connectivity index (χ3n) is 2.32. The molecule has 0 rings (SSSR count). The Bertz CT molecular complexity index is 224. The van der Waals surface area contributed by atoms with Gasteiger partial charge < -0.3 is 9.64 Å². The number of ether oxygens (including phenoxy) is 1. The van der Waals surface area contributed by atoms with Crippen LogP contribution in [-0.2, 0) is 9.53 Å². The second kappa shape index (κ2) is 6.49. The van der Waals surface area contributed by atoms with Crippen LogP contribution in [0.15, 0.2) is 12.3 Å². The van der Waals surface area contributed by atoms with E-state index < -0.39 is 0 Å².